The number of alkyl halides is 1. The van der Waals surface area contributed by atoms with Crippen LogP contribution in [0, 0.1) is 3.70 Å². The molecule has 2 rings (SSSR count). The van der Waals surface area contributed by atoms with Gasteiger partial charge in [-0.1, -0.05) is 7.60 Å². The monoisotopic (exact) mass is 470 g/mol. The van der Waals surface area contributed by atoms with Gasteiger partial charge in [-0.2, -0.15) is 0 Å². The normalized spacial score (nSPS) is 27.2. The Morgan fingerprint density at radius 2 is 2.00 bits per heavy atom. The van der Waals surface area contributed by atoms with Gasteiger partial charge in [0.1, 0.15) is 6.10 Å². The van der Waals surface area contributed by atoms with Crippen LogP contribution in [-0.4, -0.2) is 39.2 Å². The molecular weight excluding hydrogens is 453 g/mol. The van der Waals surface area contributed by atoms with Crippen LogP contribution in [0.3, 0.4) is 0 Å². The van der Waals surface area contributed by atoms with Gasteiger partial charge in [-0.3, -0.25) is 14.3 Å². The van der Waals surface area contributed by atoms with Gasteiger partial charge in [-0.15, -0.1) is 0 Å². The van der Waals surface area contributed by atoms with Crippen molar-refractivity contribution in [3.8, 4) is 0 Å². The molecule has 0 spiro atoms. The zero-order chi connectivity index (χ0) is 15.9. The van der Waals surface area contributed by atoms with Crippen LogP contribution in [-0.2, 0) is 9.30 Å². The number of H-pyrrole nitrogens is 1. The summed E-state index contributed by atoms with van der Waals surface area (Å²) in [7, 11) is -5.03. The van der Waals surface area contributed by atoms with E-state index in [0.29, 0.717) is 0 Å². The van der Waals surface area contributed by atoms with E-state index in [-0.39, 0.29) is 16.0 Å². The highest BCUT2D eigenvalue weighted by atomic mass is 127. The van der Waals surface area contributed by atoms with Crippen molar-refractivity contribution in [2.75, 3.05) is 6.16 Å². The number of hydrogen-bond donors (Lipinski definition) is 4. The number of ether oxygens (including phenoxy) is 1. The average molecular weight is 470 g/mol. The quantitative estimate of drug-likeness (QED) is 0.230. The van der Waals surface area contributed by atoms with Gasteiger partial charge >= 0.3 is 5.69 Å². The van der Waals surface area contributed by atoms with Crippen LogP contribution in [0.5, 0.6) is 0 Å². The second-order valence-electron chi connectivity index (χ2n) is 4.43. The summed E-state index contributed by atoms with van der Waals surface area (Å²) in [6.45, 7) is 0. The first-order chi connectivity index (χ1) is 9.60. The van der Waals surface area contributed by atoms with E-state index in [4.69, 9.17) is 4.74 Å². The highest BCUT2D eigenvalue weighted by molar-refractivity contribution is 14.1. The molecule has 1 aliphatic rings. The lowest BCUT2D eigenvalue weighted by atomic mass is 10.2. The minimum absolute atomic E-state index is 0. The Hall–Kier alpha value is -0.670. The maximum absolute atomic E-state index is 14.0. The van der Waals surface area contributed by atoms with Gasteiger partial charge in [0.2, 0.25) is 0 Å². The minimum Gasteiger partial charge on any atom is -0.811 e. The molecule has 11 nitrogen and oxygen atoms in total. The number of aliphatic hydroxyl groups excluding tert-OH is 1. The van der Waals surface area contributed by atoms with Crippen LogP contribution >= 0.6 is 30.2 Å². The topological polar surface area (TPSA) is 221 Å². The number of quaternary nitrogens is 2. The van der Waals surface area contributed by atoms with Gasteiger partial charge in [0.15, 0.2) is 12.4 Å². The molecule has 1 aliphatic heterocycles. The fourth-order valence-corrected chi connectivity index (χ4v) is 3.52. The summed E-state index contributed by atoms with van der Waals surface area (Å²) in [5, 5.41) is 9.60. The van der Waals surface area contributed by atoms with Crippen LogP contribution in [0.1, 0.15) is 6.23 Å². The molecule has 0 radical (unpaired) electrons. The summed E-state index contributed by atoms with van der Waals surface area (Å²) >= 11 is 1.59. The van der Waals surface area contributed by atoms with Crippen molar-refractivity contribution in [3.63, 3.8) is 0 Å². The Bertz CT molecular complexity index is 706. The highest BCUT2D eigenvalue weighted by Gasteiger charge is 2.46. The Kier molecular flexibility index (Phi) is 7.70. The number of halogens is 2. The molecule has 0 saturated carbocycles. The van der Waals surface area contributed by atoms with Crippen LogP contribution in [0.4, 0.5) is 4.39 Å². The third-order valence-corrected chi connectivity index (χ3v) is 4.52. The van der Waals surface area contributed by atoms with E-state index in [1.165, 1.54) is 0 Å². The minimum atomic E-state index is -5.03. The zero-order valence-corrected chi connectivity index (χ0v) is 15.2. The number of rotatable bonds is 3. The molecule has 0 aliphatic carbocycles. The van der Waals surface area contributed by atoms with E-state index in [1.54, 1.807) is 22.6 Å². The SMILES string of the molecule is O=c1cc(I)n([C@@H]2O[C@H](CP(=O)([O-])[O-])[C@@H](O)[C@H]2F)c(=O)[nH]1.[NH4+].[NH4+]. The predicted molar refractivity (Wildman–Crippen MR) is 83.3 cm³/mol. The van der Waals surface area contributed by atoms with Crippen LogP contribution in [0.15, 0.2) is 15.7 Å². The number of aromatic nitrogens is 2. The molecular formula is C9H17FIN4O7P. The highest BCUT2D eigenvalue weighted by Crippen LogP contribution is 2.37. The molecule has 0 amide bonds. The van der Waals surface area contributed by atoms with Gasteiger partial charge in [0, 0.05) is 12.2 Å². The lowest BCUT2D eigenvalue weighted by molar-refractivity contribution is -0.315. The van der Waals surface area contributed by atoms with E-state index in [0.717, 1.165) is 10.6 Å². The van der Waals surface area contributed by atoms with Crippen LogP contribution in [0.25, 0.3) is 0 Å². The molecule has 1 aromatic rings. The summed E-state index contributed by atoms with van der Waals surface area (Å²) in [4.78, 5) is 46.1. The van der Waals surface area contributed by atoms with Crippen molar-refractivity contribution in [2.45, 2.75) is 24.6 Å². The average Bonchev–Trinajstić information content (AvgIpc) is 2.55. The van der Waals surface area contributed by atoms with Gasteiger partial charge in [0.05, 0.1) is 9.80 Å². The van der Waals surface area contributed by atoms with E-state index in [1.807, 2.05) is 4.98 Å². The van der Waals surface area contributed by atoms with Crippen LogP contribution < -0.4 is 33.3 Å². The molecule has 0 aromatic carbocycles. The van der Waals surface area contributed by atoms with E-state index in [9.17, 15) is 33.4 Å². The summed E-state index contributed by atoms with van der Waals surface area (Å²) in [5.41, 5.74) is -1.67. The van der Waals surface area contributed by atoms with E-state index >= 15 is 0 Å². The maximum atomic E-state index is 14.0. The summed E-state index contributed by atoms with van der Waals surface area (Å²) in [5.74, 6) is 0. The second-order valence-corrected chi connectivity index (χ2v) is 7.12. The Labute approximate surface area is 142 Å². The number of hydrogen-bond acceptors (Lipinski definition) is 7. The first-order valence-electron chi connectivity index (χ1n) is 5.60. The van der Waals surface area contributed by atoms with Crippen LogP contribution in [0.2, 0.25) is 0 Å². The Balaban J connectivity index is 0.00000242. The number of aromatic amines is 1. The van der Waals surface area contributed by atoms with Crippen molar-refractivity contribution in [1.82, 2.24) is 21.9 Å². The van der Waals surface area contributed by atoms with E-state index in [2.05, 4.69) is 0 Å². The zero-order valence-electron chi connectivity index (χ0n) is 12.1. The Morgan fingerprint density at radius 3 is 2.48 bits per heavy atom. The first kappa shape index (κ1) is 22.3. The molecule has 4 atom stereocenters. The number of aliphatic hydroxyl groups is 1. The van der Waals surface area contributed by atoms with Crippen molar-refractivity contribution in [1.29, 1.82) is 0 Å². The third-order valence-electron chi connectivity index (χ3n) is 2.88. The molecule has 0 bridgehead atoms. The summed E-state index contributed by atoms with van der Waals surface area (Å²) < 4.78 is 30.5. The lowest BCUT2D eigenvalue weighted by Crippen LogP contribution is -2.37. The van der Waals surface area contributed by atoms with Gasteiger partial charge in [-0.25, -0.2) is 9.18 Å². The van der Waals surface area contributed by atoms with Crippen molar-refractivity contribution < 1.29 is 28.6 Å². The van der Waals surface area contributed by atoms with Crippen molar-refractivity contribution in [2.24, 2.45) is 0 Å². The third kappa shape index (κ3) is 4.90. The molecule has 2 heterocycles. The van der Waals surface area contributed by atoms with Gasteiger partial charge in [0.25, 0.3) is 5.56 Å². The van der Waals surface area contributed by atoms with E-state index < -0.39 is 49.6 Å². The lowest BCUT2D eigenvalue weighted by Gasteiger charge is -2.32. The molecule has 10 N–H and O–H groups in total. The number of nitrogens with zero attached hydrogens (tertiary/aromatic N) is 1. The summed E-state index contributed by atoms with van der Waals surface area (Å²) in [6.07, 6.45) is -8.31. The fourth-order valence-electron chi connectivity index (χ4n) is 2.00. The molecule has 1 aromatic heterocycles. The van der Waals surface area contributed by atoms with Gasteiger partial charge < -0.3 is 36.5 Å². The Morgan fingerprint density at radius 1 is 1.43 bits per heavy atom. The first-order valence-corrected chi connectivity index (χ1v) is 8.41. The van der Waals surface area contributed by atoms with Gasteiger partial charge in [-0.05, 0) is 22.6 Å². The predicted octanol–water partition coefficient (Wildman–Crippen LogP) is -1.60. The second kappa shape index (κ2) is 7.94. The smallest absolute Gasteiger partial charge is 0.331 e. The standard InChI is InChI=1S/C9H11FIN2O7P.2H3N/c10-6-7(15)3(2-21(17,18)19)20-8(6)13-4(11)1-5(14)12-9(13)16;;/h1,3,6-8,15H,2H2,(H,12,14,16)(H2,17,18,19);2*1H3/t3-,6-,7-,8-;;/m1../s1. The van der Waals surface area contributed by atoms with Crippen molar-refractivity contribution >= 4 is 30.2 Å². The maximum Gasteiger partial charge on any atom is 0.331 e. The fraction of sp³-hybridized carbons (Fsp3) is 0.556. The number of nitrogens with one attached hydrogen (secondary N) is 1. The van der Waals surface area contributed by atoms with Crippen molar-refractivity contribution in [3.05, 3.63) is 30.6 Å². The summed E-state index contributed by atoms with van der Waals surface area (Å²) in [6, 6.07) is 1.00. The molecule has 23 heavy (non-hydrogen) atoms. The molecule has 14 heteroatoms. The molecule has 1 saturated heterocycles. The molecule has 0 unspecified atom stereocenters. The largest absolute Gasteiger partial charge is 0.811 e. The molecule has 1 fully saturated rings. The molecule has 134 valence electrons.